The third-order valence-electron chi connectivity index (χ3n) is 2.64. The van der Waals surface area contributed by atoms with E-state index in [1.54, 1.807) is 0 Å². The average Bonchev–Trinajstić information content (AvgIpc) is 2.41. The number of hydrogen-bond acceptors (Lipinski definition) is 3. The molecule has 1 atom stereocenters. The molecule has 3 N–H and O–H groups in total. The second-order valence-corrected chi connectivity index (χ2v) is 4.66. The zero-order chi connectivity index (χ0) is 15.8. The predicted octanol–water partition coefficient (Wildman–Crippen LogP) is 3.22. The van der Waals surface area contributed by atoms with Gasteiger partial charge in [-0.1, -0.05) is 18.5 Å². The van der Waals surface area contributed by atoms with Crippen LogP contribution in [-0.4, -0.2) is 30.4 Å². The highest BCUT2D eigenvalue weighted by Gasteiger charge is 2.10. The van der Waals surface area contributed by atoms with Crippen LogP contribution in [0, 0.1) is 0 Å². The number of ether oxygens (including phenoxy) is 1. The number of halogens is 3. The van der Waals surface area contributed by atoms with Crippen LogP contribution in [0.25, 0.3) is 0 Å². The van der Waals surface area contributed by atoms with E-state index in [2.05, 4.69) is 15.4 Å². The van der Waals surface area contributed by atoms with Gasteiger partial charge in [-0.25, -0.2) is 4.79 Å². The SMILES string of the molecule is CCC(O)CCNC(=O)Nc1ccc(OC(F)F)c(Cl)c1. The Morgan fingerprint density at radius 2 is 2.19 bits per heavy atom. The number of carbonyl (C=O) groups excluding carboxylic acids is 1. The van der Waals surface area contributed by atoms with Crippen molar-refractivity contribution in [1.82, 2.24) is 5.32 Å². The average molecular weight is 323 g/mol. The Balaban J connectivity index is 2.47. The van der Waals surface area contributed by atoms with Crippen LogP contribution in [0.3, 0.4) is 0 Å². The molecule has 0 saturated carbocycles. The summed E-state index contributed by atoms with van der Waals surface area (Å²) in [6.45, 7) is -0.800. The van der Waals surface area contributed by atoms with Gasteiger partial charge in [0.05, 0.1) is 11.1 Å². The molecule has 0 spiro atoms. The quantitative estimate of drug-likeness (QED) is 0.722. The van der Waals surface area contributed by atoms with Crippen molar-refractivity contribution in [2.45, 2.75) is 32.5 Å². The number of alkyl halides is 2. The van der Waals surface area contributed by atoms with E-state index in [0.29, 0.717) is 25.1 Å². The summed E-state index contributed by atoms with van der Waals surface area (Å²) in [5.74, 6) is -0.163. The summed E-state index contributed by atoms with van der Waals surface area (Å²) >= 11 is 5.76. The smallest absolute Gasteiger partial charge is 0.387 e. The normalized spacial score (nSPS) is 12.1. The largest absolute Gasteiger partial charge is 0.433 e. The predicted molar refractivity (Wildman–Crippen MR) is 76.0 cm³/mol. The summed E-state index contributed by atoms with van der Waals surface area (Å²) in [6, 6.07) is 3.46. The first-order chi connectivity index (χ1) is 9.92. The minimum Gasteiger partial charge on any atom is -0.433 e. The molecule has 1 unspecified atom stereocenters. The monoisotopic (exact) mass is 322 g/mol. The Labute approximate surface area is 126 Å². The van der Waals surface area contributed by atoms with Crippen molar-refractivity contribution in [3.8, 4) is 5.75 Å². The van der Waals surface area contributed by atoms with Crippen molar-refractivity contribution >= 4 is 23.3 Å². The summed E-state index contributed by atoms with van der Waals surface area (Å²) in [5.41, 5.74) is 0.343. The first-order valence-electron chi connectivity index (χ1n) is 6.39. The van der Waals surface area contributed by atoms with Crippen LogP contribution in [0.15, 0.2) is 18.2 Å². The lowest BCUT2D eigenvalue weighted by atomic mass is 10.2. The van der Waals surface area contributed by atoms with Crippen LogP contribution in [-0.2, 0) is 0 Å². The van der Waals surface area contributed by atoms with Crippen LogP contribution in [0.1, 0.15) is 19.8 Å². The van der Waals surface area contributed by atoms with E-state index in [9.17, 15) is 18.7 Å². The van der Waals surface area contributed by atoms with Crippen LogP contribution in [0.4, 0.5) is 19.3 Å². The van der Waals surface area contributed by atoms with Gasteiger partial charge in [0.15, 0.2) is 0 Å². The molecule has 21 heavy (non-hydrogen) atoms. The van der Waals surface area contributed by atoms with Crippen LogP contribution in [0.2, 0.25) is 5.02 Å². The zero-order valence-corrected chi connectivity index (χ0v) is 12.2. The van der Waals surface area contributed by atoms with Gasteiger partial charge in [0, 0.05) is 12.2 Å². The Morgan fingerprint density at radius 1 is 1.48 bits per heavy atom. The van der Waals surface area contributed by atoms with E-state index in [0.717, 1.165) is 0 Å². The molecule has 0 saturated heterocycles. The Morgan fingerprint density at radius 3 is 2.76 bits per heavy atom. The van der Waals surface area contributed by atoms with Gasteiger partial charge in [-0.05, 0) is 31.0 Å². The van der Waals surface area contributed by atoms with E-state index in [1.807, 2.05) is 6.92 Å². The van der Waals surface area contributed by atoms with Crippen LogP contribution < -0.4 is 15.4 Å². The third-order valence-corrected chi connectivity index (χ3v) is 2.94. The van der Waals surface area contributed by atoms with Crippen molar-refractivity contribution in [2.75, 3.05) is 11.9 Å². The molecule has 1 aromatic carbocycles. The fraction of sp³-hybridized carbons (Fsp3) is 0.462. The van der Waals surface area contributed by atoms with Gasteiger partial charge in [0.2, 0.25) is 0 Å². The molecule has 0 aromatic heterocycles. The molecule has 2 amide bonds. The highest BCUT2D eigenvalue weighted by molar-refractivity contribution is 6.32. The number of carbonyl (C=O) groups is 1. The van der Waals surface area contributed by atoms with Gasteiger partial charge in [-0.15, -0.1) is 0 Å². The van der Waals surface area contributed by atoms with E-state index in [4.69, 9.17) is 11.6 Å². The Kier molecular flexibility index (Phi) is 7.18. The number of nitrogens with one attached hydrogen (secondary N) is 2. The molecular weight excluding hydrogens is 306 g/mol. The summed E-state index contributed by atoms with van der Waals surface area (Å²) in [4.78, 5) is 11.6. The van der Waals surface area contributed by atoms with Gasteiger partial charge >= 0.3 is 12.6 Å². The number of benzene rings is 1. The molecule has 0 aliphatic carbocycles. The Hall–Kier alpha value is -1.60. The van der Waals surface area contributed by atoms with Gasteiger partial charge in [-0.2, -0.15) is 8.78 Å². The maximum Gasteiger partial charge on any atom is 0.387 e. The van der Waals surface area contributed by atoms with E-state index in [-0.39, 0.29) is 10.8 Å². The maximum absolute atomic E-state index is 12.1. The molecule has 0 heterocycles. The molecule has 5 nitrogen and oxygen atoms in total. The van der Waals surface area contributed by atoms with Gasteiger partial charge in [0.1, 0.15) is 5.75 Å². The standard InChI is InChI=1S/C13H17ClF2N2O3/c1-2-9(19)5-6-17-13(20)18-8-3-4-11(10(14)7-8)21-12(15)16/h3-4,7,9,12,19H,2,5-6H2,1H3,(H2,17,18,20). The number of anilines is 1. The third kappa shape index (κ3) is 6.59. The summed E-state index contributed by atoms with van der Waals surface area (Å²) in [5, 5.41) is 14.4. The second-order valence-electron chi connectivity index (χ2n) is 4.26. The lowest BCUT2D eigenvalue weighted by Crippen LogP contribution is -2.31. The lowest BCUT2D eigenvalue weighted by Gasteiger charge is -2.11. The maximum atomic E-state index is 12.1. The second kappa shape index (κ2) is 8.63. The molecule has 0 aliphatic rings. The molecule has 0 radical (unpaired) electrons. The number of amides is 2. The fourth-order valence-corrected chi connectivity index (χ4v) is 1.73. The van der Waals surface area contributed by atoms with E-state index in [1.165, 1.54) is 18.2 Å². The van der Waals surface area contributed by atoms with E-state index < -0.39 is 18.7 Å². The molecule has 118 valence electrons. The van der Waals surface area contributed by atoms with Crippen molar-refractivity contribution in [3.63, 3.8) is 0 Å². The number of aliphatic hydroxyl groups is 1. The lowest BCUT2D eigenvalue weighted by molar-refractivity contribution is -0.0497. The topological polar surface area (TPSA) is 70.6 Å². The molecule has 0 aliphatic heterocycles. The first kappa shape index (κ1) is 17.5. The van der Waals surface area contributed by atoms with Gasteiger partial charge in [0.25, 0.3) is 0 Å². The van der Waals surface area contributed by atoms with Crippen molar-refractivity contribution < 1.29 is 23.4 Å². The van der Waals surface area contributed by atoms with Crippen LogP contribution in [0.5, 0.6) is 5.75 Å². The van der Waals surface area contributed by atoms with E-state index >= 15 is 0 Å². The van der Waals surface area contributed by atoms with Gasteiger partial charge in [-0.3, -0.25) is 0 Å². The zero-order valence-electron chi connectivity index (χ0n) is 11.4. The molecule has 0 fully saturated rings. The molecule has 8 heteroatoms. The minimum atomic E-state index is -2.96. The van der Waals surface area contributed by atoms with Crippen LogP contribution >= 0.6 is 11.6 Å². The van der Waals surface area contributed by atoms with Gasteiger partial charge < -0.3 is 20.5 Å². The highest BCUT2D eigenvalue weighted by Crippen LogP contribution is 2.28. The number of rotatable bonds is 7. The highest BCUT2D eigenvalue weighted by atomic mass is 35.5. The van der Waals surface area contributed by atoms with Crippen molar-refractivity contribution in [3.05, 3.63) is 23.2 Å². The fourth-order valence-electron chi connectivity index (χ4n) is 1.50. The molecular formula is C13H17ClF2N2O3. The minimum absolute atomic E-state index is 0.0329. The number of hydrogen-bond donors (Lipinski definition) is 3. The number of aliphatic hydroxyl groups excluding tert-OH is 1. The van der Waals surface area contributed by atoms with Crippen molar-refractivity contribution in [1.29, 1.82) is 0 Å². The summed E-state index contributed by atoms with van der Waals surface area (Å²) < 4.78 is 28.3. The first-order valence-corrected chi connectivity index (χ1v) is 6.77. The van der Waals surface area contributed by atoms with Crippen molar-refractivity contribution in [2.24, 2.45) is 0 Å². The summed E-state index contributed by atoms with van der Waals surface area (Å²) in [7, 11) is 0. The molecule has 1 aromatic rings. The summed E-state index contributed by atoms with van der Waals surface area (Å²) in [6.07, 6.45) is 0.613. The Bertz CT molecular complexity index is 475. The number of urea groups is 1. The molecule has 1 rings (SSSR count). The molecule has 0 bridgehead atoms.